The van der Waals surface area contributed by atoms with Gasteiger partial charge < -0.3 is 10.5 Å². The van der Waals surface area contributed by atoms with Crippen LogP contribution in [0.25, 0.3) is 11.1 Å². The third-order valence-electron chi connectivity index (χ3n) is 3.89. The predicted molar refractivity (Wildman–Crippen MR) is 89.4 cm³/mol. The fourth-order valence-corrected chi connectivity index (χ4v) is 2.77. The predicted octanol–water partition coefficient (Wildman–Crippen LogP) is 2.86. The first-order valence-corrected chi connectivity index (χ1v) is 7.70. The summed E-state index contributed by atoms with van der Waals surface area (Å²) in [4.78, 5) is 20.7. The molecule has 1 unspecified atom stereocenters. The van der Waals surface area contributed by atoms with E-state index in [9.17, 15) is 4.79 Å². The van der Waals surface area contributed by atoms with Crippen LogP contribution in [-0.4, -0.2) is 23.4 Å². The fourth-order valence-electron chi connectivity index (χ4n) is 2.77. The number of amidine groups is 1. The highest BCUT2D eigenvalue weighted by molar-refractivity contribution is 5.89. The molecule has 0 aliphatic carbocycles. The molecule has 1 aliphatic heterocycles. The van der Waals surface area contributed by atoms with Crippen LogP contribution in [0.2, 0.25) is 0 Å². The van der Waals surface area contributed by atoms with Crippen LogP contribution < -0.4 is 5.73 Å². The van der Waals surface area contributed by atoms with Crippen molar-refractivity contribution in [3.63, 3.8) is 0 Å². The molecule has 5 nitrogen and oxygen atoms in total. The largest absolute Gasteiger partial charge is 0.466 e. The summed E-state index contributed by atoms with van der Waals surface area (Å²) >= 11 is 0. The zero-order valence-corrected chi connectivity index (χ0v) is 13.0. The number of carbonyl (C=O) groups is 1. The van der Waals surface area contributed by atoms with Crippen molar-refractivity contribution in [2.24, 2.45) is 16.6 Å². The third-order valence-corrected chi connectivity index (χ3v) is 3.89. The highest BCUT2D eigenvalue weighted by Crippen LogP contribution is 2.32. The number of ether oxygens (including phenoxy) is 1. The number of hydrogen-bond acceptors (Lipinski definition) is 5. The number of esters is 1. The summed E-state index contributed by atoms with van der Waals surface area (Å²) in [5.41, 5.74) is 9.87. The second-order valence-corrected chi connectivity index (χ2v) is 5.55. The summed E-state index contributed by atoms with van der Waals surface area (Å²) in [6, 6.07) is 9.92. The highest BCUT2D eigenvalue weighted by Gasteiger charge is 2.25. The summed E-state index contributed by atoms with van der Waals surface area (Å²) in [7, 11) is 0. The SMILES string of the molecule is CCOC(=O)C1CC(N)=Nc2cc(-c3cccnc3)ccc2C1. The Morgan fingerprint density at radius 3 is 2.91 bits per heavy atom. The van der Waals surface area contributed by atoms with Crippen molar-refractivity contribution in [2.75, 3.05) is 6.61 Å². The number of nitrogens with zero attached hydrogens (tertiary/aromatic N) is 2. The molecule has 3 rings (SSSR count). The van der Waals surface area contributed by atoms with Crippen LogP contribution in [0, 0.1) is 5.92 Å². The van der Waals surface area contributed by atoms with Gasteiger partial charge >= 0.3 is 5.97 Å². The van der Waals surface area contributed by atoms with Crippen LogP contribution in [0.1, 0.15) is 18.9 Å². The maximum absolute atomic E-state index is 12.1. The molecule has 2 heterocycles. The second-order valence-electron chi connectivity index (χ2n) is 5.55. The van der Waals surface area contributed by atoms with Gasteiger partial charge in [0.1, 0.15) is 5.84 Å². The Bertz CT molecular complexity index is 741. The van der Waals surface area contributed by atoms with Gasteiger partial charge in [-0.05, 0) is 36.6 Å². The van der Waals surface area contributed by atoms with E-state index in [0.29, 0.717) is 25.3 Å². The number of nitrogens with two attached hydrogens (primary N) is 1. The maximum atomic E-state index is 12.1. The Morgan fingerprint density at radius 1 is 1.30 bits per heavy atom. The Labute approximate surface area is 135 Å². The minimum atomic E-state index is -0.274. The zero-order chi connectivity index (χ0) is 16.2. The van der Waals surface area contributed by atoms with Crippen LogP contribution in [-0.2, 0) is 16.0 Å². The molecule has 1 atom stereocenters. The maximum Gasteiger partial charge on any atom is 0.309 e. The molecule has 2 N–H and O–H groups in total. The van der Waals surface area contributed by atoms with Crippen molar-refractivity contribution < 1.29 is 9.53 Å². The van der Waals surface area contributed by atoms with Gasteiger partial charge in [0.05, 0.1) is 18.2 Å². The number of benzene rings is 1. The number of pyridine rings is 1. The highest BCUT2D eigenvalue weighted by atomic mass is 16.5. The Balaban J connectivity index is 1.94. The zero-order valence-electron chi connectivity index (χ0n) is 13.0. The van der Waals surface area contributed by atoms with E-state index in [2.05, 4.69) is 9.98 Å². The summed E-state index contributed by atoms with van der Waals surface area (Å²) in [6.07, 6.45) is 4.57. The van der Waals surface area contributed by atoms with E-state index in [1.165, 1.54) is 0 Å². The molecule has 0 saturated heterocycles. The molecule has 1 aromatic carbocycles. The third kappa shape index (κ3) is 3.39. The van der Waals surface area contributed by atoms with Crippen LogP contribution in [0.4, 0.5) is 5.69 Å². The molecule has 0 saturated carbocycles. The van der Waals surface area contributed by atoms with Crippen molar-refractivity contribution in [1.82, 2.24) is 4.98 Å². The van der Waals surface area contributed by atoms with Crippen LogP contribution in [0.15, 0.2) is 47.7 Å². The average molecular weight is 309 g/mol. The van der Waals surface area contributed by atoms with E-state index in [1.54, 1.807) is 13.1 Å². The van der Waals surface area contributed by atoms with Gasteiger partial charge in [-0.2, -0.15) is 0 Å². The molecular formula is C18H19N3O2. The first-order valence-electron chi connectivity index (χ1n) is 7.70. The average Bonchev–Trinajstić information content (AvgIpc) is 2.73. The topological polar surface area (TPSA) is 77.6 Å². The van der Waals surface area contributed by atoms with E-state index < -0.39 is 0 Å². The summed E-state index contributed by atoms with van der Waals surface area (Å²) in [5, 5.41) is 0. The first kappa shape index (κ1) is 15.2. The number of hydrogen-bond donors (Lipinski definition) is 1. The fraction of sp³-hybridized carbons (Fsp3) is 0.278. The van der Waals surface area contributed by atoms with Crippen LogP contribution in [0.5, 0.6) is 0 Å². The van der Waals surface area contributed by atoms with Crippen molar-refractivity contribution in [3.8, 4) is 11.1 Å². The van der Waals surface area contributed by atoms with E-state index in [4.69, 9.17) is 10.5 Å². The molecule has 0 spiro atoms. The number of aliphatic imine (C=N–C) groups is 1. The molecule has 5 heteroatoms. The van der Waals surface area contributed by atoms with Gasteiger partial charge in [0, 0.05) is 24.4 Å². The number of fused-ring (bicyclic) bond motifs is 1. The molecule has 23 heavy (non-hydrogen) atoms. The molecule has 118 valence electrons. The van der Waals surface area contributed by atoms with E-state index in [-0.39, 0.29) is 11.9 Å². The van der Waals surface area contributed by atoms with Crippen LogP contribution in [0.3, 0.4) is 0 Å². The van der Waals surface area contributed by atoms with Gasteiger partial charge in [-0.15, -0.1) is 0 Å². The summed E-state index contributed by atoms with van der Waals surface area (Å²) in [5.74, 6) is -0.0239. The lowest BCUT2D eigenvalue weighted by atomic mass is 9.94. The summed E-state index contributed by atoms with van der Waals surface area (Å²) < 4.78 is 5.14. The van der Waals surface area contributed by atoms with Gasteiger partial charge in [-0.3, -0.25) is 9.78 Å². The molecule has 1 aromatic heterocycles. The molecule has 1 aliphatic rings. The molecular weight excluding hydrogens is 290 g/mol. The Kier molecular flexibility index (Phi) is 4.37. The number of carbonyl (C=O) groups excluding carboxylic acids is 1. The minimum absolute atomic E-state index is 0.213. The minimum Gasteiger partial charge on any atom is -0.466 e. The first-order chi connectivity index (χ1) is 11.2. The molecule has 0 bridgehead atoms. The van der Waals surface area contributed by atoms with Crippen molar-refractivity contribution in [3.05, 3.63) is 48.3 Å². The van der Waals surface area contributed by atoms with Crippen molar-refractivity contribution >= 4 is 17.5 Å². The Hall–Kier alpha value is -2.69. The molecule has 0 radical (unpaired) electrons. The van der Waals surface area contributed by atoms with E-state index >= 15 is 0 Å². The smallest absolute Gasteiger partial charge is 0.309 e. The quantitative estimate of drug-likeness (QED) is 0.884. The lowest BCUT2D eigenvalue weighted by molar-refractivity contribution is -0.147. The monoisotopic (exact) mass is 309 g/mol. The molecule has 2 aromatic rings. The van der Waals surface area contributed by atoms with E-state index in [1.807, 2.05) is 36.5 Å². The summed E-state index contributed by atoms with van der Waals surface area (Å²) in [6.45, 7) is 2.18. The molecule has 0 amide bonds. The standard InChI is InChI=1S/C18H19N3O2/c1-2-23-18(22)15-8-13-6-5-12(14-4-3-7-20-11-14)9-16(13)21-17(19)10-15/h3-7,9,11,15H,2,8,10H2,1H3,(H2,19,21). The Morgan fingerprint density at radius 2 is 2.17 bits per heavy atom. The van der Waals surface area contributed by atoms with Crippen molar-refractivity contribution in [1.29, 1.82) is 0 Å². The normalized spacial score (nSPS) is 16.9. The van der Waals surface area contributed by atoms with Gasteiger partial charge in [-0.25, -0.2) is 4.99 Å². The number of rotatable bonds is 3. The van der Waals surface area contributed by atoms with Gasteiger partial charge in [-0.1, -0.05) is 18.2 Å². The van der Waals surface area contributed by atoms with Crippen LogP contribution >= 0.6 is 0 Å². The van der Waals surface area contributed by atoms with Gasteiger partial charge in [0.2, 0.25) is 0 Å². The lowest BCUT2D eigenvalue weighted by Gasteiger charge is -2.13. The number of aromatic nitrogens is 1. The molecule has 0 fully saturated rings. The lowest BCUT2D eigenvalue weighted by Crippen LogP contribution is -2.25. The second kappa shape index (κ2) is 6.60. The van der Waals surface area contributed by atoms with Crippen molar-refractivity contribution in [2.45, 2.75) is 19.8 Å². The van der Waals surface area contributed by atoms with Gasteiger partial charge in [0.25, 0.3) is 0 Å². The van der Waals surface area contributed by atoms with Gasteiger partial charge in [0.15, 0.2) is 0 Å². The van der Waals surface area contributed by atoms with E-state index in [0.717, 1.165) is 22.4 Å².